The molecule has 0 aliphatic rings. The number of primary amides is 1. The summed E-state index contributed by atoms with van der Waals surface area (Å²) in [7, 11) is -1.66. The van der Waals surface area contributed by atoms with Crippen molar-refractivity contribution in [3.8, 4) is 0 Å². The molecule has 6 nitrogen and oxygen atoms in total. The highest BCUT2D eigenvalue weighted by atomic mass is 31.1. The van der Waals surface area contributed by atoms with Crippen LogP contribution in [0.1, 0.15) is 71.1 Å². The van der Waals surface area contributed by atoms with E-state index in [4.69, 9.17) is 5.73 Å². The maximum atomic E-state index is 11.4. The second-order valence-electron chi connectivity index (χ2n) is 5.88. The lowest BCUT2D eigenvalue weighted by atomic mass is 9.91. The van der Waals surface area contributed by atoms with Gasteiger partial charge in [-0.15, -0.1) is 0 Å². The predicted molar refractivity (Wildman–Crippen MR) is 87.5 cm³/mol. The van der Waals surface area contributed by atoms with E-state index in [2.05, 4.69) is 6.92 Å². The van der Waals surface area contributed by atoms with Gasteiger partial charge in [0.2, 0.25) is 5.91 Å². The van der Waals surface area contributed by atoms with Gasteiger partial charge in [0.1, 0.15) is 5.34 Å². The number of carbonyl (C=O) groups is 2. The molecule has 130 valence electrons. The van der Waals surface area contributed by atoms with E-state index in [1.54, 1.807) is 0 Å². The number of aliphatic hydroxyl groups is 1. The Morgan fingerprint density at radius 3 is 2.14 bits per heavy atom. The Morgan fingerprint density at radius 2 is 1.68 bits per heavy atom. The van der Waals surface area contributed by atoms with Crippen molar-refractivity contribution in [2.75, 3.05) is 0 Å². The highest BCUT2D eigenvalue weighted by molar-refractivity contribution is 7.25. The van der Waals surface area contributed by atoms with Crippen LogP contribution in [-0.2, 0) is 14.2 Å². The van der Waals surface area contributed by atoms with Crippen LogP contribution in [-0.4, -0.2) is 27.4 Å². The van der Waals surface area contributed by atoms with Gasteiger partial charge in [-0.3, -0.25) is 9.59 Å². The fourth-order valence-electron chi connectivity index (χ4n) is 2.55. The zero-order chi connectivity index (χ0) is 17.0. The largest absolute Gasteiger partial charge is 0.481 e. The summed E-state index contributed by atoms with van der Waals surface area (Å²) in [5.41, 5.74) is 5.02. The summed E-state index contributed by atoms with van der Waals surface area (Å²) >= 11 is 0. The van der Waals surface area contributed by atoms with Crippen molar-refractivity contribution in [3.05, 3.63) is 0 Å². The van der Waals surface area contributed by atoms with E-state index in [0.29, 0.717) is 6.42 Å². The molecule has 0 radical (unpaired) electrons. The lowest BCUT2D eigenvalue weighted by Gasteiger charge is -2.29. The molecule has 3 unspecified atom stereocenters. The van der Waals surface area contributed by atoms with Crippen LogP contribution in [0, 0.1) is 5.92 Å². The Morgan fingerprint density at radius 1 is 1.14 bits per heavy atom. The minimum atomic E-state index is -1.72. The quantitative estimate of drug-likeness (QED) is 0.333. The topological polar surface area (TPSA) is 118 Å². The Bertz CT molecular complexity index is 364. The third-order valence-corrected chi connectivity index (χ3v) is 5.07. The minimum absolute atomic E-state index is 0.0765. The van der Waals surface area contributed by atoms with Gasteiger partial charge in [-0.05, 0) is 12.8 Å². The van der Waals surface area contributed by atoms with E-state index in [1.807, 2.05) is 0 Å². The number of carboxylic acid groups (broad SMARTS) is 1. The Labute approximate surface area is 133 Å². The van der Waals surface area contributed by atoms with E-state index in [-0.39, 0.29) is 19.3 Å². The normalized spacial score (nSPS) is 15.7. The second-order valence-corrected chi connectivity index (χ2v) is 7.11. The number of carboxylic acids is 1. The van der Waals surface area contributed by atoms with E-state index in [1.165, 1.54) is 19.3 Å². The van der Waals surface area contributed by atoms with Crippen LogP contribution in [0.5, 0.6) is 0 Å². The van der Waals surface area contributed by atoms with Crippen LogP contribution < -0.4 is 5.73 Å². The van der Waals surface area contributed by atoms with E-state index in [0.717, 1.165) is 19.3 Å². The van der Waals surface area contributed by atoms with Gasteiger partial charge in [0.25, 0.3) is 0 Å². The van der Waals surface area contributed by atoms with Crippen molar-refractivity contribution in [2.24, 2.45) is 11.7 Å². The molecule has 0 aromatic rings. The monoisotopic (exact) mass is 335 g/mol. The van der Waals surface area contributed by atoms with E-state index < -0.39 is 31.6 Å². The first-order valence-corrected chi connectivity index (χ1v) is 9.12. The molecule has 0 aliphatic carbocycles. The third kappa shape index (κ3) is 8.54. The summed E-state index contributed by atoms with van der Waals surface area (Å²) in [5.74, 6) is -3.05. The lowest BCUT2D eigenvalue weighted by Crippen LogP contribution is -2.38. The van der Waals surface area contributed by atoms with Crippen LogP contribution in [0.25, 0.3) is 0 Å². The number of amides is 1. The first kappa shape index (κ1) is 21.1. The molecule has 0 bridgehead atoms. The summed E-state index contributed by atoms with van der Waals surface area (Å²) in [5, 5.41) is 17.9. The molecule has 0 aromatic carbocycles. The van der Waals surface area contributed by atoms with E-state index in [9.17, 15) is 24.4 Å². The molecule has 0 aliphatic heterocycles. The molecule has 0 saturated carbocycles. The van der Waals surface area contributed by atoms with Gasteiger partial charge >= 0.3 is 5.97 Å². The molecule has 0 aromatic heterocycles. The van der Waals surface area contributed by atoms with Crippen molar-refractivity contribution in [3.63, 3.8) is 0 Å². The van der Waals surface area contributed by atoms with Gasteiger partial charge in [0, 0.05) is 6.42 Å². The zero-order valence-electron chi connectivity index (χ0n) is 13.4. The highest BCUT2D eigenvalue weighted by Crippen LogP contribution is 2.37. The van der Waals surface area contributed by atoms with Gasteiger partial charge in [-0.1, -0.05) is 51.9 Å². The van der Waals surface area contributed by atoms with Gasteiger partial charge in [0.05, 0.1) is 14.4 Å². The maximum absolute atomic E-state index is 11.4. The molecule has 4 N–H and O–H groups in total. The molecule has 3 atom stereocenters. The number of unbranched alkanes of at least 4 members (excludes halogenated alkanes) is 6. The fourth-order valence-corrected chi connectivity index (χ4v) is 3.35. The predicted octanol–water partition coefficient (Wildman–Crippen LogP) is 2.54. The van der Waals surface area contributed by atoms with Crippen molar-refractivity contribution in [1.29, 1.82) is 0 Å². The van der Waals surface area contributed by atoms with Crippen LogP contribution in [0.4, 0.5) is 0 Å². The smallest absolute Gasteiger partial charge is 0.309 e. The molecule has 1 amide bonds. The first-order chi connectivity index (χ1) is 10.4. The number of rotatable bonds is 14. The van der Waals surface area contributed by atoms with Crippen LogP contribution in [0.3, 0.4) is 0 Å². The molecule has 7 heteroatoms. The van der Waals surface area contributed by atoms with Crippen LogP contribution in [0.2, 0.25) is 0 Å². The van der Waals surface area contributed by atoms with Crippen molar-refractivity contribution < 1.29 is 24.4 Å². The van der Waals surface area contributed by atoms with Gasteiger partial charge in [-0.2, -0.15) is 0 Å². The molecule has 0 rings (SSSR count). The molecule has 0 spiro atoms. The number of hydrogen-bond acceptors (Lipinski definition) is 4. The Hall–Kier alpha value is -0.870. The van der Waals surface area contributed by atoms with Crippen LogP contribution >= 0.6 is 8.46 Å². The number of aliphatic carboxylic acids is 1. The molecule has 0 saturated heterocycles. The molecule has 22 heavy (non-hydrogen) atoms. The van der Waals surface area contributed by atoms with Crippen molar-refractivity contribution in [2.45, 2.75) is 76.5 Å². The summed E-state index contributed by atoms with van der Waals surface area (Å²) in [6, 6.07) is 0. The Kier molecular flexibility index (Phi) is 11.2. The minimum Gasteiger partial charge on any atom is -0.481 e. The summed E-state index contributed by atoms with van der Waals surface area (Å²) in [6.45, 7) is 2.15. The second kappa shape index (κ2) is 11.7. The average Bonchev–Trinajstić information content (AvgIpc) is 2.45. The van der Waals surface area contributed by atoms with Crippen molar-refractivity contribution in [1.82, 2.24) is 0 Å². The molecule has 0 heterocycles. The first-order valence-electron chi connectivity index (χ1n) is 8.07. The third-order valence-electron chi connectivity index (χ3n) is 3.97. The molecular weight excluding hydrogens is 305 g/mol. The maximum Gasteiger partial charge on any atom is 0.309 e. The summed E-state index contributed by atoms with van der Waals surface area (Å²) in [6.07, 6.45) is 7.24. The Balaban J connectivity index is 4.35. The average molecular weight is 335 g/mol. The van der Waals surface area contributed by atoms with Crippen molar-refractivity contribution >= 4 is 20.3 Å². The van der Waals surface area contributed by atoms with Crippen LogP contribution in [0.15, 0.2) is 0 Å². The fraction of sp³-hybridized carbons (Fsp3) is 0.867. The van der Waals surface area contributed by atoms with Gasteiger partial charge in [0.15, 0.2) is 0 Å². The summed E-state index contributed by atoms with van der Waals surface area (Å²) in [4.78, 5) is 22.1. The lowest BCUT2D eigenvalue weighted by molar-refractivity contribution is -0.148. The van der Waals surface area contributed by atoms with E-state index >= 15 is 0 Å². The zero-order valence-corrected chi connectivity index (χ0v) is 14.6. The number of hydrogen-bond donors (Lipinski definition) is 3. The molecule has 0 fully saturated rings. The molecular formula is C15H30NO5P. The SMILES string of the molecule is CCCCCCCCCC(O)([PH2]=O)C(CCC(N)=O)C(=O)O. The standard InChI is InChI=1S/C15H30NO5P/c1-2-3-4-5-6-7-8-11-15(20,22-21)12(14(18)19)9-10-13(16)17/h12,20H,2-11,22H2,1H3,(H2,16,17)(H,18,19). The number of nitrogens with two attached hydrogens (primary N) is 1. The highest BCUT2D eigenvalue weighted by Gasteiger charge is 2.40. The summed E-state index contributed by atoms with van der Waals surface area (Å²) < 4.78 is 11.4. The van der Waals surface area contributed by atoms with Gasteiger partial charge in [-0.25, -0.2) is 0 Å². The van der Waals surface area contributed by atoms with Gasteiger partial charge < -0.3 is 20.5 Å². The number of carbonyl (C=O) groups excluding carboxylic acids is 1.